The minimum Gasteiger partial charge on any atom is -0.444 e. The summed E-state index contributed by atoms with van der Waals surface area (Å²) in [7, 11) is -2.57. The second-order valence-corrected chi connectivity index (χ2v) is 12.0. The fraction of sp³-hybridized carbons (Fsp3) is 0.333. The number of nitrogens with zero attached hydrogens (tertiary/aromatic N) is 2. The van der Waals surface area contributed by atoms with E-state index in [0.29, 0.717) is 0 Å². The molecule has 10 nitrogen and oxygen atoms in total. The van der Waals surface area contributed by atoms with Gasteiger partial charge in [0.1, 0.15) is 17.2 Å². The molecule has 0 spiro atoms. The summed E-state index contributed by atoms with van der Waals surface area (Å²) < 4.78 is 61.6. The maximum atomic E-state index is 15.2. The Bertz CT molecular complexity index is 1610. The Morgan fingerprint density at radius 3 is 2.30 bits per heavy atom. The number of aromatic nitrogens is 2. The van der Waals surface area contributed by atoms with Crippen LogP contribution in [0.25, 0.3) is 11.3 Å². The monoisotopic (exact) mass is 576 g/mol. The Morgan fingerprint density at radius 1 is 1.10 bits per heavy atom. The van der Waals surface area contributed by atoms with Crippen LogP contribution in [0.4, 0.5) is 19.3 Å². The zero-order valence-electron chi connectivity index (χ0n) is 22.8. The standard InChI is InChI=1S/C27H30F2N4O6S/c1-7-40(37,38)32-22-13-19(20(12-21(22)29)25(35)16-8-10-17(28)11-9-16)24-18(14-23(34)33(6)31-24)15(2)30-26(36)39-27(3,4)5/h8-15,32H,7H2,1-6H3,(H,30,36). The highest BCUT2D eigenvalue weighted by Crippen LogP contribution is 2.34. The lowest BCUT2D eigenvalue weighted by molar-refractivity contribution is 0.0507. The predicted molar refractivity (Wildman–Crippen MR) is 146 cm³/mol. The molecule has 1 amide bonds. The molecule has 2 aromatic carbocycles. The van der Waals surface area contributed by atoms with Gasteiger partial charge < -0.3 is 10.1 Å². The Morgan fingerprint density at radius 2 is 1.73 bits per heavy atom. The number of aryl methyl sites for hydroxylation is 1. The number of carbonyl (C=O) groups is 2. The quantitative estimate of drug-likeness (QED) is 0.382. The first-order valence-corrected chi connectivity index (χ1v) is 13.9. The third-order valence-corrected chi connectivity index (χ3v) is 6.97. The van der Waals surface area contributed by atoms with Crippen molar-refractivity contribution in [3.63, 3.8) is 0 Å². The van der Waals surface area contributed by atoms with Crippen molar-refractivity contribution in [3.05, 3.63) is 81.1 Å². The summed E-state index contributed by atoms with van der Waals surface area (Å²) in [5.74, 6) is -2.69. The highest BCUT2D eigenvalue weighted by Gasteiger charge is 2.26. The fourth-order valence-corrected chi connectivity index (χ4v) is 4.32. The number of hydrogen-bond donors (Lipinski definition) is 2. The topological polar surface area (TPSA) is 136 Å². The Balaban J connectivity index is 2.28. The highest BCUT2D eigenvalue weighted by molar-refractivity contribution is 7.92. The second-order valence-electron chi connectivity index (χ2n) is 10.00. The van der Waals surface area contributed by atoms with E-state index < -0.39 is 56.4 Å². The largest absolute Gasteiger partial charge is 0.444 e. The van der Waals surface area contributed by atoms with Crippen molar-refractivity contribution in [2.75, 3.05) is 10.5 Å². The molecule has 1 heterocycles. The van der Waals surface area contributed by atoms with Crippen molar-refractivity contribution in [1.82, 2.24) is 15.1 Å². The second kappa shape index (κ2) is 11.5. The minimum absolute atomic E-state index is 0.00642. The van der Waals surface area contributed by atoms with Gasteiger partial charge >= 0.3 is 6.09 Å². The van der Waals surface area contributed by atoms with Gasteiger partial charge in [0.25, 0.3) is 5.56 Å². The van der Waals surface area contributed by atoms with Gasteiger partial charge in [-0.1, -0.05) is 0 Å². The number of sulfonamides is 1. The van der Waals surface area contributed by atoms with E-state index in [1.807, 2.05) is 0 Å². The summed E-state index contributed by atoms with van der Waals surface area (Å²) in [5, 5.41) is 6.89. The number of anilines is 1. The summed E-state index contributed by atoms with van der Waals surface area (Å²) in [6.07, 6.45) is -0.787. The molecule has 0 saturated heterocycles. The molecule has 0 radical (unpaired) electrons. The first-order chi connectivity index (χ1) is 18.5. The number of benzene rings is 2. The summed E-state index contributed by atoms with van der Waals surface area (Å²) in [6.45, 7) is 7.94. The molecule has 0 aliphatic carbocycles. The number of halogens is 2. The van der Waals surface area contributed by atoms with Gasteiger partial charge in [0, 0.05) is 35.4 Å². The molecule has 0 aliphatic rings. The Labute approximate surface area is 230 Å². The van der Waals surface area contributed by atoms with E-state index in [2.05, 4.69) is 15.1 Å². The average Bonchev–Trinajstić information content (AvgIpc) is 2.85. The Kier molecular flexibility index (Phi) is 8.78. The summed E-state index contributed by atoms with van der Waals surface area (Å²) >= 11 is 0. The van der Waals surface area contributed by atoms with Crippen molar-refractivity contribution >= 4 is 27.6 Å². The van der Waals surface area contributed by atoms with Gasteiger partial charge in [0.05, 0.1) is 23.2 Å². The summed E-state index contributed by atoms with van der Waals surface area (Å²) in [5.41, 5.74) is -1.91. The number of amides is 1. The molecular weight excluding hydrogens is 546 g/mol. The van der Waals surface area contributed by atoms with Gasteiger partial charge in [-0.25, -0.2) is 26.7 Å². The molecule has 40 heavy (non-hydrogen) atoms. The minimum atomic E-state index is -3.92. The maximum Gasteiger partial charge on any atom is 0.408 e. The van der Waals surface area contributed by atoms with E-state index in [1.165, 1.54) is 32.2 Å². The molecule has 0 saturated carbocycles. The van der Waals surface area contributed by atoms with Crippen LogP contribution in [0.5, 0.6) is 0 Å². The third kappa shape index (κ3) is 7.29. The van der Waals surface area contributed by atoms with Gasteiger partial charge in [-0.2, -0.15) is 5.10 Å². The SMILES string of the molecule is CCS(=O)(=O)Nc1cc(-c2nn(C)c(=O)cc2C(C)NC(=O)OC(C)(C)C)c(C(=O)c2ccc(F)cc2)cc1F. The van der Waals surface area contributed by atoms with Gasteiger partial charge in [-0.05, 0) is 71.0 Å². The van der Waals surface area contributed by atoms with Gasteiger partial charge in [-0.15, -0.1) is 0 Å². The van der Waals surface area contributed by atoms with Crippen LogP contribution in [0.15, 0.2) is 47.3 Å². The lowest BCUT2D eigenvalue weighted by Crippen LogP contribution is -2.35. The lowest BCUT2D eigenvalue weighted by Gasteiger charge is -2.23. The molecule has 2 N–H and O–H groups in total. The number of hydrogen-bond acceptors (Lipinski definition) is 7. The summed E-state index contributed by atoms with van der Waals surface area (Å²) in [4.78, 5) is 38.5. The average molecular weight is 577 g/mol. The number of nitrogens with one attached hydrogen (secondary N) is 2. The van der Waals surface area contributed by atoms with Crippen molar-refractivity contribution in [3.8, 4) is 11.3 Å². The summed E-state index contributed by atoms with van der Waals surface area (Å²) in [6, 6.07) is 6.80. The molecule has 214 valence electrons. The normalized spacial score (nSPS) is 12.5. The van der Waals surface area contributed by atoms with Crippen LogP contribution >= 0.6 is 0 Å². The number of rotatable bonds is 8. The van der Waals surface area contributed by atoms with Gasteiger partial charge in [0.15, 0.2) is 5.78 Å². The van der Waals surface area contributed by atoms with E-state index >= 15 is 4.39 Å². The van der Waals surface area contributed by atoms with E-state index in [1.54, 1.807) is 27.7 Å². The molecule has 1 atom stereocenters. The molecule has 0 bridgehead atoms. The zero-order valence-corrected chi connectivity index (χ0v) is 23.7. The van der Waals surface area contributed by atoms with E-state index in [4.69, 9.17) is 4.74 Å². The molecule has 1 aromatic heterocycles. The van der Waals surface area contributed by atoms with Crippen LogP contribution in [0.1, 0.15) is 62.1 Å². The third-order valence-electron chi connectivity index (χ3n) is 5.68. The van der Waals surface area contributed by atoms with Gasteiger partial charge in [0.2, 0.25) is 10.0 Å². The maximum absolute atomic E-state index is 15.2. The molecule has 1 unspecified atom stereocenters. The molecule has 3 rings (SSSR count). The van der Waals surface area contributed by atoms with Crippen LogP contribution in [-0.2, 0) is 21.8 Å². The van der Waals surface area contributed by atoms with Crippen molar-refractivity contribution in [2.24, 2.45) is 7.05 Å². The zero-order chi connectivity index (χ0) is 30.0. The van der Waals surface area contributed by atoms with Crippen molar-refractivity contribution in [1.29, 1.82) is 0 Å². The first-order valence-electron chi connectivity index (χ1n) is 12.2. The highest BCUT2D eigenvalue weighted by atomic mass is 32.2. The van der Waals surface area contributed by atoms with Gasteiger partial charge in [-0.3, -0.25) is 14.3 Å². The Hall–Kier alpha value is -4.13. The van der Waals surface area contributed by atoms with E-state index in [-0.39, 0.29) is 33.7 Å². The molecule has 0 fully saturated rings. The number of carbonyl (C=O) groups excluding carboxylic acids is 2. The molecular formula is C27H30F2N4O6S. The van der Waals surface area contributed by atoms with Crippen molar-refractivity contribution < 1.29 is 31.5 Å². The predicted octanol–water partition coefficient (Wildman–Crippen LogP) is 4.30. The smallest absolute Gasteiger partial charge is 0.408 e. The number of ether oxygens (including phenoxy) is 1. The number of ketones is 1. The van der Waals surface area contributed by atoms with E-state index in [0.717, 1.165) is 28.9 Å². The molecule has 13 heteroatoms. The van der Waals surface area contributed by atoms with Crippen LogP contribution < -0.4 is 15.6 Å². The molecule has 0 aliphatic heterocycles. The van der Waals surface area contributed by atoms with Crippen LogP contribution in [-0.4, -0.2) is 41.4 Å². The lowest BCUT2D eigenvalue weighted by atomic mass is 9.92. The molecule has 3 aromatic rings. The fourth-order valence-electron chi connectivity index (χ4n) is 3.69. The van der Waals surface area contributed by atoms with Crippen molar-refractivity contribution in [2.45, 2.75) is 46.3 Å². The van der Waals surface area contributed by atoms with Crippen LogP contribution in [0.2, 0.25) is 0 Å². The van der Waals surface area contributed by atoms with E-state index in [9.17, 15) is 27.2 Å². The number of alkyl carbamates (subject to hydrolysis) is 1. The van der Waals surface area contributed by atoms with Crippen LogP contribution in [0, 0.1) is 11.6 Å². The first kappa shape index (κ1) is 30.4. The van der Waals surface area contributed by atoms with Crippen LogP contribution in [0.3, 0.4) is 0 Å².